The lowest BCUT2D eigenvalue weighted by Crippen LogP contribution is -2.38. The van der Waals surface area contributed by atoms with Crippen LogP contribution in [0.1, 0.15) is 34.1 Å². The summed E-state index contributed by atoms with van der Waals surface area (Å²) in [6.45, 7) is 7.63. The van der Waals surface area contributed by atoms with E-state index >= 15 is 0 Å². The van der Waals surface area contributed by atoms with Crippen molar-refractivity contribution in [3.05, 3.63) is 0 Å². The maximum atomic E-state index is 10.8. The predicted octanol–water partition coefficient (Wildman–Crippen LogP) is 1.93. The van der Waals surface area contributed by atoms with Gasteiger partial charge in [-0.2, -0.15) is 0 Å². The second kappa shape index (κ2) is 5.25. The number of carbonyl (C=O) groups excluding carboxylic acids is 1. The van der Waals surface area contributed by atoms with Crippen LogP contribution in [0.15, 0.2) is 0 Å². The second-order valence-electron chi connectivity index (χ2n) is 3.49. The molecule has 1 unspecified atom stereocenters. The van der Waals surface area contributed by atoms with Gasteiger partial charge in [-0.05, 0) is 19.3 Å². The summed E-state index contributed by atoms with van der Waals surface area (Å²) in [5, 5.41) is 2.83. The third kappa shape index (κ3) is 5.24. The molecule has 0 aromatic carbocycles. The van der Waals surface area contributed by atoms with Crippen molar-refractivity contribution in [1.29, 1.82) is 0 Å². The zero-order chi connectivity index (χ0) is 9.72. The van der Waals surface area contributed by atoms with Crippen LogP contribution in [0.3, 0.4) is 0 Å². The Bertz CT molecular complexity index is 177. The van der Waals surface area contributed by atoms with Crippen molar-refractivity contribution in [3.8, 4) is 0 Å². The lowest BCUT2D eigenvalue weighted by atomic mass is 10.0. The molecule has 0 fully saturated rings. The molecule has 0 saturated heterocycles. The Morgan fingerprint density at radius 3 is 2.17 bits per heavy atom. The fraction of sp³-hybridized carbons (Fsp3) is 0.778. The molecule has 1 atom stereocenters. The van der Waals surface area contributed by atoms with E-state index in [1.54, 1.807) is 0 Å². The van der Waals surface area contributed by atoms with E-state index in [1.807, 2.05) is 6.92 Å². The summed E-state index contributed by atoms with van der Waals surface area (Å²) in [6, 6.07) is 0.0671. The summed E-state index contributed by atoms with van der Waals surface area (Å²) in [5.41, 5.74) is 0. The minimum absolute atomic E-state index is 0.00940. The summed E-state index contributed by atoms with van der Waals surface area (Å²) >= 11 is 5.04. The number of hydrogen-bond donors (Lipinski definition) is 1. The summed E-state index contributed by atoms with van der Waals surface area (Å²) in [4.78, 5) is 11.6. The molecule has 0 aromatic rings. The number of hydrogen-bond acceptors (Lipinski definition) is 2. The Labute approximate surface area is 79.7 Å². The van der Waals surface area contributed by atoms with Gasteiger partial charge in [0.25, 0.3) is 0 Å². The van der Waals surface area contributed by atoms with Crippen LogP contribution in [0.5, 0.6) is 0 Å². The number of rotatable bonds is 4. The molecule has 0 aliphatic heterocycles. The minimum Gasteiger partial charge on any atom is -0.349 e. The van der Waals surface area contributed by atoms with Crippen LogP contribution in [0.2, 0.25) is 0 Å². The molecule has 0 heterocycles. The molecule has 0 saturated carbocycles. The highest BCUT2D eigenvalue weighted by atomic mass is 32.1. The molecular weight excluding hydrogens is 170 g/mol. The first kappa shape index (κ1) is 11.6. The summed E-state index contributed by atoms with van der Waals surface area (Å²) in [5.74, 6) is 0.546. The molecule has 0 spiro atoms. The zero-order valence-corrected chi connectivity index (χ0v) is 8.99. The quantitative estimate of drug-likeness (QED) is 0.681. The predicted molar refractivity (Wildman–Crippen MR) is 55.3 cm³/mol. The van der Waals surface area contributed by atoms with E-state index < -0.39 is 0 Å². The van der Waals surface area contributed by atoms with E-state index in [-0.39, 0.29) is 11.9 Å². The first-order chi connectivity index (χ1) is 5.43. The van der Waals surface area contributed by atoms with E-state index in [0.29, 0.717) is 5.92 Å². The van der Waals surface area contributed by atoms with E-state index in [0.717, 1.165) is 11.3 Å². The number of carbonyl (C=O) groups is 1. The van der Waals surface area contributed by atoms with Crippen molar-refractivity contribution in [2.24, 2.45) is 5.92 Å². The first-order valence-electron chi connectivity index (χ1n) is 4.21. The highest BCUT2D eigenvalue weighted by Crippen LogP contribution is 2.06. The molecule has 0 aromatic heterocycles. The Morgan fingerprint density at radius 2 is 1.92 bits per heavy atom. The van der Waals surface area contributed by atoms with Crippen LogP contribution in [0.4, 0.5) is 0 Å². The van der Waals surface area contributed by atoms with Crippen molar-refractivity contribution >= 4 is 23.0 Å². The summed E-state index contributed by atoms with van der Waals surface area (Å²) < 4.78 is 0. The van der Waals surface area contributed by atoms with Crippen LogP contribution in [0.25, 0.3) is 0 Å². The fourth-order valence-electron chi connectivity index (χ4n) is 1.04. The maximum absolute atomic E-state index is 10.8. The average Bonchev–Trinajstić information content (AvgIpc) is 1.83. The average molecular weight is 187 g/mol. The SMILES string of the molecule is CC(=O)NC(CC(C)C)C(C)=S. The lowest BCUT2D eigenvalue weighted by Gasteiger charge is -2.18. The largest absolute Gasteiger partial charge is 0.349 e. The van der Waals surface area contributed by atoms with Crippen molar-refractivity contribution in [2.75, 3.05) is 0 Å². The van der Waals surface area contributed by atoms with E-state index in [4.69, 9.17) is 12.2 Å². The topological polar surface area (TPSA) is 29.1 Å². The molecule has 12 heavy (non-hydrogen) atoms. The van der Waals surface area contributed by atoms with Crippen molar-refractivity contribution < 1.29 is 4.79 Å². The number of thiocarbonyl (C=S) groups is 1. The molecule has 0 bridgehead atoms. The fourth-order valence-corrected chi connectivity index (χ4v) is 1.20. The normalized spacial score (nSPS) is 12.8. The molecular formula is C9H17NOS. The maximum Gasteiger partial charge on any atom is 0.217 e. The smallest absolute Gasteiger partial charge is 0.217 e. The van der Waals surface area contributed by atoms with E-state index in [2.05, 4.69) is 19.2 Å². The van der Waals surface area contributed by atoms with Gasteiger partial charge in [0.2, 0.25) is 5.91 Å². The van der Waals surface area contributed by atoms with Crippen molar-refractivity contribution in [3.63, 3.8) is 0 Å². The van der Waals surface area contributed by atoms with Gasteiger partial charge in [-0.1, -0.05) is 26.1 Å². The van der Waals surface area contributed by atoms with Gasteiger partial charge in [-0.15, -0.1) is 0 Å². The molecule has 3 heteroatoms. The van der Waals surface area contributed by atoms with Crippen LogP contribution in [-0.2, 0) is 4.79 Å². The first-order valence-corrected chi connectivity index (χ1v) is 4.62. The molecule has 0 radical (unpaired) electrons. The van der Waals surface area contributed by atoms with Crippen LogP contribution >= 0.6 is 12.2 Å². The third-order valence-corrected chi connectivity index (χ3v) is 1.86. The summed E-state index contributed by atoms with van der Waals surface area (Å²) in [7, 11) is 0. The molecule has 0 aliphatic carbocycles. The highest BCUT2D eigenvalue weighted by Gasteiger charge is 2.13. The number of amides is 1. The third-order valence-electron chi connectivity index (χ3n) is 1.58. The van der Waals surface area contributed by atoms with Gasteiger partial charge in [0.15, 0.2) is 0 Å². The van der Waals surface area contributed by atoms with Crippen molar-refractivity contribution in [2.45, 2.75) is 40.2 Å². The Hall–Kier alpha value is -0.440. The van der Waals surface area contributed by atoms with Gasteiger partial charge in [0.1, 0.15) is 0 Å². The minimum atomic E-state index is -0.00940. The van der Waals surface area contributed by atoms with Gasteiger partial charge >= 0.3 is 0 Å². The zero-order valence-electron chi connectivity index (χ0n) is 8.18. The summed E-state index contributed by atoms with van der Waals surface area (Å²) in [6.07, 6.45) is 0.926. The number of nitrogens with one attached hydrogen (secondary N) is 1. The molecule has 1 N–H and O–H groups in total. The Kier molecular flexibility index (Phi) is 5.06. The van der Waals surface area contributed by atoms with Gasteiger partial charge in [-0.25, -0.2) is 0 Å². The Morgan fingerprint density at radius 1 is 1.42 bits per heavy atom. The Balaban J connectivity index is 4.04. The van der Waals surface area contributed by atoms with Crippen LogP contribution < -0.4 is 5.32 Å². The second-order valence-corrected chi connectivity index (χ2v) is 4.14. The standard InChI is InChI=1S/C9H17NOS/c1-6(2)5-9(7(3)12)10-8(4)11/h6,9H,5H2,1-4H3,(H,10,11). The van der Waals surface area contributed by atoms with E-state index in [1.165, 1.54) is 6.92 Å². The molecule has 0 aliphatic rings. The molecule has 0 rings (SSSR count). The van der Waals surface area contributed by atoms with Gasteiger partial charge in [0, 0.05) is 11.8 Å². The van der Waals surface area contributed by atoms with Crippen LogP contribution in [-0.4, -0.2) is 16.8 Å². The van der Waals surface area contributed by atoms with Gasteiger partial charge in [0.05, 0.1) is 6.04 Å². The monoisotopic (exact) mass is 187 g/mol. The highest BCUT2D eigenvalue weighted by molar-refractivity contribution is 7.80. The lowest BCUT2D eigenvalue weighted by molar-refractivity contribution is -0.119. The van der Waals surface area contributed by atoms with E-state index in [9.17, 15) is 4.79 Å². The van der Waals surface area contributed by atoms with Crippen LogP contribution in [0, 0.1) is 5.92 Å². The van der Waals surface area contributed by atoms with Crippen molar-refractivity contribution in [1.82, 2.24) is 5.32 Å². The van der Waals surface area contributed by atoms with Gasteiger partial charge < -0.3 is 5.32 Å². The molecule has 70 valence electrons. The van der Waals surface area contributed by atoms with Gasteiger partial charge in [-0.3, -0.25) is 4.79 Å². The molecule has 1 amide bonds. The molecule has 2 nitrogen and oxygen atoms in total.